The van der Waals surface area contributed by atoms with E-state index in [0.29, 0.717) is 42.5 Å². The monoisotopic (exact) mass is 545 g/mol. The van der Waals surface area contributed by atoms with Crippen molar-refractivity contribution in [1.82, 2.24) is 24.3 Å². The number of sulfonamides is 1. The number of aromatic nitrogens is 4. The molecule has 0 saturated carbocycles. The first-order valence-electron chi connectivity index (χ1n) is 12.6. The topological polar surface area (TPSA) is 128 Å². The van der Waals surface area contributed by atoms with Gasteiger partial charge in [0.05, 0.1) is 24.9 Å². The molecule has 1 aliphatic heterocycles. The van der Waals surface area contributed by atoms with Gasteiger partial charge in [0.25, 0.3) is 0 Å². The van der Waals surface area contributed by atoms with Gasteiger partial charge in [-0.25, -0.2) is 12.8 Å². The minimum Gasteiger partial charge on any atom is -0.488 e. The number of carboxylic acids is 1. The van der Waals surface area contributed by atoms with Crippen LogP contribution in [0.2, 0.25) is 0 Å². The molecule has 12 heteroatoms. The fourth-order valence-electron chi connectivity index (χ4n) is 4.60. The molecule has 2 aromatic heterocycles. The molecule has 0 bridgehead atoms. The van der Waals surface area contributed by atoms with Crippen LogP contribution < -0.4 is 4.74 Å². The molecule has 10 nitrogen and oxygen atoms in total. The predicted octanol–water partition coefficient (Wildman–Crippen LogP) is 3.72. The second-order valence-corrected chi connectivity index (χ2v) is 11.2. The maximum atomic E-state index is 14.0. The number of halogens is 1. The van der Waals surface area contributed by atoms with Crippen molar-refractivity contribution in [1.29, 1.82) is 0 Å². The molecule has 1 aromatic carbocycles. The maximum Gasteiger partial charge on any atom is 0.303 e. The molecule has 3 aromatic rings. The summed E-state index contributed by atoms with van der Waals surface area (Å²) in [5, 5.41) is 17.7. The molecule has 0 saturated heterocycles. The quantitative estimate of drug-likeness (QED) is 0.386. The number of ether oxygens (including phenoxy) is 1. The van der Waals surface area contributed by atoms with E-state index in [1.165, 1.54) is 22.8 Å². The van der Waals surface area contributed by atoms with Crippen LogP contribution in [0.1, 0.15) is 61.4 Å². The molecule has 2 atom stereocenters. The average Bonchev–Trinajstić information content (AvgIpc) is 3.34. The van der Waals surface area contributed by atoms with Crippen LogP contribution in [0.4, 0.5) is 4.39 Å². The Bertz CT molecular complexity index is 1380. The van der Waals surface area contributed by atoms with Crippen LogP contribution in [-0.4, -0.2) is 56.4 Å². The Hall–Kier alpha value is -3.38. The summed E-state index contributed by atoms with van der Waals surface area (Å²) in [4.78, 5) is 15.6. The van der Waals surface area contributed by atoms with E-state index in [1.54, 1.807) is 22.9 Å². The fourth-order valence-corrected chi connectivity index (χ4v) is 6.11. The number of aliphatic carboxylic acids is 1. The first kappa shape index (κ1) is 27.6. The highest BCUT2D eigenvalue weighted by Gasteiger charge is 2.35. The number of alkyl halides is 1. The number of hydrogen-bond donors (Lipinski definition) is 1. The van der Waals surface area contributed by atoms with Gasteiger partial charge in [0.2, 0.25) is 10.0 Å². The van der Waals surface area contributed by atoms with Gasteiger partial charge in [-0.05, 0) is 54.9 Å². The number of carbonyl (C=O) groups is 1. The van der Waals surface area contributed by atoms with E-state index in [4.69, 9.17) is 4.74 Å². The Labute approximate surface area is 221 Å². The van der Waals surface area contributed by atoms with E-state index in [-0.39, 0.29) is 42.2 Å². The van der Waals surface area contributed by atoms with E-state index in [2.05, 4.69) is 15.3 Å². The molecule has 0 aliphatic carbocycles. The van der Waals surface area contributed by atoms with E-state index >= 15 is 0 Å². The molecular formula is C26H32FN5O5S. The Morgan fingerprint density at radius 2 is 2.08 bits per heavy atom. The third-order valence-corrected chi connectivity index (χ3v) is 8.61. The summed E-state index contributed by atoms with van der Waals surface area (Å²) in [6.45, 7) is 3.78. The maximum absolute atomic E-state index is 14.0. The van der Waals surface area contributed by atoms with E-state index in [1.807, 2.05) is 20.0 Å². The molecule has 4 rings (SSSR count). The van der Waals surface area contributed by atoms with Crippen molar-refractivity contribution in [2.45, 2.75) is 76.2 Å². The van der Waals surface area contributed by atoms with Gasteiger partial charge in [0, 0.05) is 25.5 Å². The zero-order valence-electron chi connectivity index (χ0n) is 21.5. The number of aryl methyl sites for hydroxylation is 2. The molecule has 1 aliphatic rings. The third-order valence-electron chi connectivity index (χ3n) is 6.79. The first-order chi connectivity index (χ1) is 18.2. The van der Waals surface area contributed by atoms with Crippen molar-refractivity contribution in [3.05, 3.63) is 65.2 Å². The lowest BCUT2D eigenvalue weighted by molar-refractivity contribution is -0.137. The lowest BCUT2D eigenvalue weighted by Gasteiger charge is -2.24. The molecule has 0 radical (unpaired) electrons. The van der Waals surface area contributed by atoms with Crippen LogP contribution in [-0.2, 0) is 41.0 Å². The Balaban J connectivity index is 1.65. The van der Waals surface area contributed by atoms with Gasteiger partial charge >= 0.3 is 5.97 Å². The Morgan fingerprint density at radius 1 is 1.26 bits per heavy atom. The van der Waals surface area contributed by atoms with Crippen LogP contribution in [0.3, 0.4) is 0 Å². The van der Waals surface area contributed by atoms with Crippen molar-refractivity contribution in [2.24, 2.45) is 0 Å². The summed E-state index contributed by atoms with van der Waals surface area (Å²) >= 11 is 0. The van der Waals surface area contributed by atoms with Crippen LogP contribution in [0.15, 0.2) is 47.8 Å². The number of pyridine rings is 1. The van der Waals surface area contributed by atoms with Crippen molar-refractivity contribution in [3.8, 4) is 5.75 Å². The van der Waals surface area contributed by atoms with Gasteiger partial charge in [-0.15, -0.1) is 5.10 Å². The minimum atomic E-state index is -3.97. The minimum absolute atomic E-state index is 0.0298. The highest BCUT2D eigenvalue weighted by atomic mass is 32.2. The molecule has 0 fully saturated rings. The van der Waals surface area contributed by atoms with Crippen molar-refractivity contribution in [2.75, 3.05) is 6.54 Å². The molecule has 1 N–H and O–H groups in total. The van der Waals surface area contributed by atoms with Gasteiger partial charge < -0.3 is 9.84 Å². The van der Waals surface area contributed by atoms with Crippen molar-refractivity contribution in [3.63, 3.8) is 0 Å². The van der Waals surface area contributed by atoms with Gasteiger partial charge in [0.15, 0.2) is 0 Å². The van der Waals surface area contributed by atoms with E-state index in [0.717, 1.165) is 5.69 Å². The molecule has 0 amide bonds. The van der Waals surface area contributed by atoms with Gasteiger partial charge in [-0.1, -0.05) is 30.3 Å². The Kier molecular flexibility index (Phi) is 8.72. The first-order valence-corrected chi connectivity index (χ1v) is 14.1. The normalized spacial score (nSPS) is 17.8. The second kappa shape index (κ2) is 12.0. The number of carboxylic acid groups (broad SMARTS) is 1. The number of benzene rings is 1. The molecule has 1 unspecified atom stereocenters. The second-order valence-electron chi connectivity index (χ2n) is 9.33. The summed E-state index contributed by atoms with van der Waals surface area (Å²) in [6, 6.07) is 6.60. The Morgan fingerprint density at radius 3 is 2.76 bits per heavy atom. The van der Waals surface area contributed by atoms with E-state index < -0.39 is 22.7 Å². The van der Waals surface area contributed by atoms with Crippen molar-refractivity contribution < 1.29 is 27.4 Å². The molecule has 38 heavy (non-hydrogen) atoms. The average molecular weight is 546 g/mol. The number of rotatable bonds is 11. The molecule has 3 heterocycles. The van der Waals surface area contributed by atoms with Gasteiger partial charge in [-0.3, -0.25) is 14.5 Å². The zero-order valence-corrected chi connectivity index (χ0v) is 22.3. The lowest BCUT2D eigenvalue weighted by atomic mass is 9.88. The van der Waals surface area contributed by atoms with Crippen LogP contribution >= 0.6 is 0 Å². The van der Waals surface area contributed by atoms with Crippen molar-refractivity contribution >= 4 is 16.0 Å². The zero-order chi connectivity index (χ0) is 27.3. The molecule has 204 valence electrons. The third kappa shape index (κ3) is 6.18. The van der Waals surface area contributed by atoms with Gasteiger partial charge in [0.1, 0.15) is 23.4 Å². The molecular weight excluding hydrogens is 513 g/mol. The number of hydrogen-bond acceptors (Lipinski definition) is 7. The molecule has 0 spiro atoms. The summed E-state index contributed by atoms with van der Waals surface area (Å²) in [5.41, 5.74) is 2.31. The standard InChI is InChI=1S/C26H32FN5O5S/c1-3-23-17-32(38(35,36)25-14-28-10-9-24(25)37-23)15-21-11-18(5-6-20(21)13-27)19(12-26(33)34)7-8-22-16-31(4-2)30-29-22/h5-6,9-11,14,16,19,23H,3-4,7-8,12-13,15,17H2,1-2H3,(H,33,34)/t19?,23-/m1/s1. The number of fused-ring (bicyclic) bond motifs is 1. The highest BCUT2D eigenvalue weighted by molar-refractivity contribution is 7.89. The number of nitrogens with zero attached hydrogens (tertiary/aromatic N) is 5. The summed E-state index contributed by atoms with van der Waals surface area (Å²) in [7, 11) is -3.97. The SMILES string of the molecule is CC[C@@H]1CN(Cc2cc(C(CCc3cn(CC)nn3)CC(=O)O)ccc2CF)S(=O)(=O)c2cnccc2O1. The summed E-state index contributed by atoms with van der Waals surface area (Å²) in [5.74, 6) is -1.08. The smallest absolute Gasteiger partial charge is 0.303 e. The van der Waals surface area contributed by atoms with Crippen LogP contribution in [0.5, 0.6) is 5.75 Å². The lowest BCUT2D eigenvalue weighted by Crippen LogP contribution is -2.36. The predicted molar refractivity (Wildman–Crippen MR) is 137 cm³/mol. The van der Waals surface area contributed by atoms with Crippen LogP contribution in [0.25, 0.3) is 0 Å². The highest BCUT2D eigenvalue weighted by Crippen LogP contribution is 2.33. The summed E-state index contributed by atoms with van der Waals surface area (Å²) in [6.07, 6.45) is 5.66. The summed E-state index contributed by atoms with van der Waals surface area (Å²) < 4.78 is 50.1. The van der Waals surface area contributed by atoms with Crippen LogP contribution in [0, 0.1) is 0 Å². The van der Waals surface area contributed by atoms with Gasteiger partial charge in [-0.2, -0.15) is 4.31 Å². The fraction of sp³-hybridized carbons (Fsp3) is 0.462. The van der Waals surface area contributed by atoms with E-state index in [9.17, 15) is 22.7 Å². The largest absolute Gasteiger partial charge is 0.488 e.